The van der Waals surface area contributed by atoms with Gasteiger partial charge in [0.1, 0.15) is 11.9 Å². The van der Waals surface area contributed by atoms with E-state index in [1.54, 1.807) is 6.20 Å². The maximum Gasteiger partial charge on any atom is 0.239 e. The number of halogens is 2. The second-order valence-corrected chi connectivity index (χ2v) is 5.06. The fourth-order valence-corrected chi connectivity index (χ4v) is 2.18. The molecule has 1 atom stereocenters. The van der Waals surface area contributed by atoms with Gasteiger partial charge in [0.15, 0.2) is 0 Å². The van der Waals surface area contributed by atoms with Crippen LogP contribution < -0.4 is 11.1 Å². The predicted molar refractivity (Wildman–Crippen MR) is 98.8 cm³/mol. The van der Waals surface area contributed by atoms with Crippen molar-refractivity contribution in [2.75, 3.05) is 20.3 Å². The number of carbonyl (C=O) groups is 1. The van der Waals surface area contributed by atoms with Crippen LogP contribution in [0.15, 0.2) is 42.7 Å². The summed E-state index contributed by atoms with van der Waals surface area (Å²) in [6.07, 6.45) is 4.38. The van der Waals surface area contributed by atoms with Gasteiger partial charge in [0.05, 0.1) is 6.61 Å². The van der Waals surface area contributed by atoms with E-state index in [-0.39, 0.29) is 37.3 Å². The lowest BCUT2D eigenvalue weighted by Gasteiger charge is -2.12. The lowest BCUT2D eigenvalue weighted by Crippen LogP contribution is -2.44. The summed E-state index contributed by atoms with van der Waals surface area (Å²) in [4.78, 5) is 16.0. The Bertz CT molecular complexity index is 593. The molecule has 1 unspecified atom stereocenters. The number of nitrogens with zero attached hydrogens (tertiary/aromatic N) is 2. The molecule has 1 heterocycles. The molecule has 134 valence electrons. The van der Waals surface area contributed by atoms with Crippen LogP contribution in [0.3, 0.4) is 0 Å². The molecule has 0 aliphatic rings. The highest BCUT2D eigenvalue weighted by atomic mass is 35.5. The highest BCUT2D eigenvalue weighted by Crippen LogP contribution is 2.05. The molecule has 0 fully saturated rings. The summed E-state index contributed by atoms with van der Waals surface area (Å²) in [6, 6.07) is 9.56. The van der Waals surface area contributed by atoms with Crippen LogP contribution in [-0.4, -0.2) is 41.8 Å². The molecule has 0 saturated heterocycles. The van der Waals surface area contributed by atoms with Gasteiger partial charge in [-0.2, -0.15) is 0 Å². The van der Waals surface area contributed by atoms with E-state index in [9.17, 15) is 4.79 Å². The summed E-state index contributed by atoms with van der Waals surface area (Å²) in [7, 11) is 1.52. The molecular formula is C16H24Cl2N4O2. The average molecular weight is 375 g/mol. The van der Waals surface area contributed by atoms with Gasteiger partial charge in [-0.05, 0) is 5.56 Å². The number of benzene rings is 1. The van der Waals surface area contributed by atoms with Crippen LogP contribution in [0.5, 0.6) is 0 Å². The van der Waals surface area contributed by atoms with E-state index < -0.39 is 6.04 Å². The molecule has 0 saturated carbocycles. The number of hydrogen-bond donors (Lipinski definition) is 2. The first-order chi connectivity index (χ1) is 10.7. The number of rotatable bonds is 8. The molecule has 8 heteroatoms. The van der Waals surface area contributed by atoms with Crippen LogP contribution in [0.2, 0.25) is 0 Å². The van der Waals surface area contributed by atoms with E-state index in [1.165, 1.54) is 12.7 Å². The van der Waals surface area contributed by atoms with Crippen molar-refractivity contribution in [2.45, 2.75) is 19.0 Å². The zero-order valence-corrected chi connectivity index (χ0v) is 15.2. The van der Waals surface area contributed by atoms with E-state index >= 15 is 0 Å². The largest absolute Gasteiger partial charge is 0.383 e. The first-order valence-electron chi connectivity index (χ1n) is 7.27. The molecule has 2 aromatic rings. The highest BCUT2D eigenvalue weighted by Gasteiger charge is 2.12. The second-order valence-electron chi connectivity index (χ2n) is 5.06. The van der Waals surface area contributed by atoms with Crippen LogP contribution in [0.25, 0.3) is 0 Å². The minimum Gasteiger partial charge on any atom is -0.383 e. The molecule has 0 bridgehead atoms. The third-order valence-electron chi connectivity index (χ3n) is 3.33. The first kappa shape index (κ1) is 22.4. The summed E-state index contributed by atoms with van der Waals surface area (Å²) in [6.45, 7) is 1.49. The molecule has 1 amide bonds. The van der Waals surface area contributed by atoms with E-state index in [0.29, 0.717) is 13.0 Å². The number of imidazole rings is 1. The van der Waals surface area contributed by atoms with Crippen LogP contribution >= 0.6 is 24.8 Å². The number of nitrogens with two attached hydrogens (primary N) is 1. The Morgan fingerprint density at radius 3 is 2.71 bits per heavy atom. The van der Waals surface area contributed by atoms with E-state index in [2.05, 4.69) is 27.0 Å². The van der Waals surface area contributed by atoms with Crippen LogP contribution in [0, 0.1) is 0 Å². The molecule has 0 spiro atoms. The third kappa shape index (κ3) is 6.88. The Morgan fingerprint density at radius 2 is 2.04 bits per heavy atom. The molecular weight excluding hydrogens is 351 g/mol. The lowest BCUT2D eigenvalue weighted by molar-refractivity contribution is -0.123. The predicted octanol–water partition coefficient (Wildman–Crippen LogP) is 1.41. The number of methoxy groups -OCH3 is 1. The summed E-state index contributed by atoms with van der Waals surface area (Å²) in [5.74, 6) is 0.729. The molecule has 24 heavy (non-hydrogen) atoms. The smallest absolute Gasteiger partial charge is 0.239 e. The fourth-order valence-electron chi connectivity index (χ4n) is 2.18. The first-order valence-corrected chi connectivity index (χ1v) is 7.27. The van der Waals surface area contributed by atoms with Gasteiger partial charge < -0.3 is 20.4 Å². The van der Waals surface area contributed by atoms with Crippen LogP contribution in [0.1, 0.15) is 11.4 Å². The Morgan fingerprint density at radius 1 is 1.33 bits per heavy atom. The molecule has 1 aromatic carbocycles. The van der Waals surface area contributed by atoms with Crippen molar-refractivity contribution in [3.63, 3.8) is 0 Å². The monoisotopic (exact) mass is 374 g/mol. The maximum atomic E-state index is 11.7. The standard InChI is InChI=1S/C16H22N4O2.2ClH/c1-22-12-14(17)16(21)19-8-7-15-18-9-10-20(15)11-13-5-3-2-4-6-13;;/h2-6,9-10,14H,7-8,11-12,17H2,1H3,(H,19,21);2*1H. The second kappa shape index (κ2) is 11.9. The Kier molecular flexibility index (Phi) is 11.1. The molecule has 3 N–H and O–H groups in total. The van der Waals surface area contributed by atoms with Gasteiger partial charge in [0, 0.05) is 39.0 Å². The van der Waals surface area contributed by atoms with E-state index in [1.807, 2.05) is 24.4 Å². The van der Waals surface area contributed by atoms with Crippen molar-refractivity contribution in [3.8, 4) is 0 Å². The van der Waals surface area contributed by atoms with Crippen molar-refractivity contribution in [2.24, 2.45) is 5.73 Å². The summed E-state index contributed by atoms with van der Waals surface area (Å²) >= 11 is 0. The minimum absolute atomic E-state index is 0. The minimum atomic E-state index is -0.630. The normalized spacial score (nSPS) is 11.1. The summed E-state index contributed by atoms with van der Waals surface area (Å²) < 4.78 is 6.94. The maximum absolute atomic E-state index is 11.7. The van der Waals surface area contributed by atoms with Crippen LogP contribution in [0.4, 0.5) is 0 Å². The van der Waals surface area contributed by atoms with Gasteiger partial charge in [0.25, 0.3) is 0 Å². The van der Waals surface area contributed by atoms with Crippen molar-refractivity contribution in [3.05, 3.63) is 54.1 Å². The molecule has 0 aliphatic carbocycles. The Balaban J connectivity index is 0.00000264. The summed E-state index contributed by atoms with van der Waals surface area (Å²) in [5.41, 5.74) is 6.88. The third-order valence-corrected chi connectivity index (χ3v) is 3.33. The van der Waals surface area contributed by atoms with Crippen LogP contribution in [-0.2, 0) is 22.5 Å². The van der Waals surface area contributed by atoms with E-state index in [4.69, 9.17) is 10.5 Å². The number of nitrogens with one attached hydrogen (secondary N) is 1. The summed E-state index contributed by atoms with van der Waals surface area (Å²) in [5, 5.41) is 2.80. The van der Waals surface area contributed by atoms with Crippen molar-refractivity contribution < 1.29 is 9.53 Å². The molecule has 0 aliphatic heterocycles. The zero-order valence-electron chi connectivity index (χ0n) is 13.6. The number of aromatic nitrogens is 2. The highest BCUT2D eigenvalue weighted by molar-refractivity contribution is 5.85. The lowest BCUT2D eigenvalue weighted by atomic mass is 10.2. The van der Waals surface area contributed by atoms with Gasteiger partial charge in [-0.3, -0.25) is 4.79 Å². The number of hydrogen-bond acceptors (Lipinski definition) is 4. The van der Waals surface area contributed by atoms with Crippen molar-refractivity contribution in [1.29, 1.82) is 0 Å². The Labute approximate surface area is 154 Å². The quantitative estimate of drug-likeness (QED) is 0.731. The number of ether oxygens (including phenoxy) is 1. The molecule has 6 nitrogen and oxygen atoms in total. The molecule has 1 aromatic heterocycles. The number of amides is 1. The number of carbonyl (C=O) groups excluding carboxylic acids is 1. The van der Waals surface area contributed by atoms with Crippen molar-refractivity contribution >= 4 is 30.7 Å². The SMILES string of the molecule is COCC(N)C(=O)NCCc1nccn1Cc1ccccc1.Cl.Cl. The van der Waals surface area contributed by atoms with Gasteiger partial charge in [-0.15, -0.1) is 24.8 Å². The molecule has 0 radical (unpaired) electrons. The average Bonchev–Trinajstić information content (AvgIpc) is 2.95. The van der Waals surface area contributed by atoms with Gasteiger partial charge in [-0.1, -0.05) is 30.3 Å². The van der Waals surface area contributed by atoms with Gasteiger partial charge >= 0.3 is 0 Å². The van der Waals surface area contributed by atoms with E-state index in [0.717, 1.165) is 12.4 Å². The molecule has 2 rings (SSSR count). The van der Waals surface area contributed by atoms with Gasteiger partial charge in [-0.25, -0.2) is 4.98 Å². The topological polar surface area (TPSA) is 82.2 Å². The Hall–Kier alpha value is -1.60. The zero-order chi connectivity index (χ0) is 15.8. The fraction of sp³-hybridized carbons (Fsp3) is 0.375. The van der Waals surface area contributed by atoms with Crippen molar-refractivity contribution in [1.82, 2.24) is 14.9 Å². The van der Waals surface area contributed by atoms with Gasteiger partial charge in [0.2, 0.25) is 5.91 Å².